The fourth-order valence-electron chi connectivity index (χ4n) is 2.47. The molecule has 0 aliphatic carbocycles. The normalized spacial score (nSPS) is 18.4. The molecule has 0 spiro atoms. The number of rotatable bonds is 4. The molecule has 1 fully saturated rings. The Hall–Kier alpha value is -1.10. The molecule has 19 heavy (non-hydrogen) atoms. The van der Waals surface area contributed by atoms with Gasteiger partial charge in [-0.2, -0.15) is 0 Å². The molecule has 2 heterocycles. The Labute approximate surface area is 116 Å². The van der Waals surface area contributed by atoms with Crippen LogP contribution in [0.1, 0.15) is 17.5 Å². The molecule has 0 amide bonds. The summed E-state index contributed by atoms with van der Waals surface area (Å²) in [6, 6.07) is 3.71. The number of carbonyl (C=O) groups excluding carboxylic acids is 1. The number of carbonyl (C=O) groups is 1. The Bertz CT molecular complexity index is 494. The predicted molar refractivity (Wildman–Crippen MR) is 69.7 cm³/mol. The van der Waals surface area contributed by atoms with E-state index in [2.05, 4.69) is 0 Å². The maximum absolute atomic E-state index is 12.0. The lowest BCUT2D eigenvalue weighted by atomic mass is 10.0. The van der Waals surface area contributed by atoms with Crippen LogP contribution in [0.15, 0.2) is 12.1 Å². The van der Waals surface area contributed by atoms with E-state index >= 15 is 0 Å². The number of ether oxygens (including phenoxy) is 3. The highest BCUT2D eigenvalue weighted by Gasteiger charge is 2.23. The van der Waals surface area contributed by atoms with Crippen LogP contribution >= 0.6 is 11.6 Å². The van der Waals surface area contributed by atoms with E-state index in [1.54, 1.807) is 6.07 Å². The highest BCUT2D eigenvalue weighted by atomic mass is 35.5. The highest BCUT2D eigenvalue weighted by molar-refractivity contribution is 6.30. The van der Waals surface area contributed by atoms with E-state index in [0.29, 0.717) is 31.3 Å². The van der Waals surface area contributed by atoms with E-state index in [4.69, 9.17) is 25.8 Å². The van der Waals surface area contributed by atoms with Crippen molar-refractivity contribution in [3.63, 3.8) is 0 Å². The molecule has 2 aliphatic heterocycles. The largest absolute Gasteiger partial charge is 0.493 e. The summed E-state index contributed by atoms with van der Waals surface area (Å²) in [4.78, 5) is 12.0. The van der Waals surface area contributed by atoms with Crippen LogP contribution in [0.3, 0.4) is 0 Å². The SMILES string of the molecule is O=C(Cc1cc(Cl)cc2c1OCC2)CC1OCCO1. The van der Waals surface area contributed by atoms with Crippen LogP contribution in [-0.2, 0) is 27.1 Å². The van der Waals surface area contributed by atoms with Crippen molar-refractivity contribution in [2.75, 3.05) is 19.8 Å². The van der Waals surface area contributed by atoms with Gasteiger partial charge < -0.3 is 14.2 Å². The number of Topliss-reactive ketones (excluding diaryl/α,β-unsaturated/α-hetero) is 1. The average Bonchev–Trinajstić information content (AvgIpc) is 2.99. The lowest BCUT2D eigenvalue weighted by Gasteiger charge is -2.10. The molecule has 4 nitrogen and oxygen atoms in total. The molecule has 0 unspecified atom stereocenters. The van der Waals surface area contributed by atoms with Gasteiger partial charge in [0.15, 0.2) is 6.29 Å². The number of halogens is 1. The van der Waals surface area contributed by atoms with Crippen molar-refractivity contribution in [3.05, 3.63) is 28.3 Å². The first-order valence-electron chi connectivity index (χ1n) is 6.41. The third kappa shape index (κ3) is 2.91. The third-order valence-electron chi connectivity index (χ3n) is 3.30. The summed E-state index contributed by atoms with van der Waals surface area (Å²) in [6.45, 7) is 1.78. The minimum atomic E-state index is -0.388. The molecule has 1 aromatic carbocycles. The molecule has 1 aromatic rings. The lowest BCUT2D eigenvalue weighted by molar-refractivity contribution is -0.126. The van der Waals surface area contributed by atoms with Gasteiger partial charge in [-0.1, -0.05) is 11.6 Å². The van der Waals surface area contributed by atoms with Gasteiger partial charge in [0, 0.05) is 23.4 Å². The van der Waals surface area contributed by atoms with E-state index in [0.717, 1.165) is 23.3 Å². The third-order valence-corrected chi connectivity index (χ3v) is 3.52. The Morgan fingerprint density at radius 1 is 1.26 bits per heavy atom. The summed E-state index contributed by atoms with van der Waals surface area (Å²) in [5.74, 6) is 0.901. The molecule has 2 aliphatic rings. The standard InChI is InChI=1S/C14H15ClO4/c15-11-5-9-1-2-19-14(9)10(6-11)7-12(16)8-13-17-3-4-18-13/h5-6,13H,1-4,7-8H2. The van der Waals surface area contributed by atoms with Crippen molar-refractivity contribution in [2.45, 2.75) is 25.6 Å². The second-order valence-corrected chi connectivity index (χ2v) is 5.18. The van der Waals surface area contributed by atoms with E-state index in [9.17, 15) is 4.79 Å². The second-order valence-electron chi connectivity index (χ2n) is 4.74. The molecule has 102 valence electrons. The first kappa shape index (κ1) is 12.9. The van der Waals surface area contributed by atoms with Crippen molar-refractivity contribution in [3.8, 4) is 5.75 Å². The molecule has 0 saturated carbocycles. The fraction of sp³-hybridized carbons (Fsp3) is 0.500. The van der Waals surface area contributed by atoms with Crippen LogP contribution < -0.4 is 4.74 Å². The van der Waals surface area contributed by atoms with Crippen molar-refractivity contribution < 1.29 is 19.0 Å². The van der Waals surface area contributed by atoms with Gasteiger partial charge in [-0.25, -0.2) is 0 Å². The van der Waals surface area contributed by atoms with Gasteiger partial charge in [0.25, 0.3) is 0 Å². The van der Waals surface area contributed by atoms with Gasteiger partial charge in [-0.05, 0) is 17.7 Å². The molecule has 0 radical (unpaired) electrons. The van der Waals surface area contributed by atoms with Crippen LogP contribution in [-0.4, -0.2) is 31.9 Å². The second kappa shape index (κ2) is 5.49. The van der Waals surface area contributed by atoms with Crippen LogP contribution in [0.25, 0.3) is 0 Å². The number of benzene rings is 1. The summed E-state index contributed by atoms with van der Waals surface area (Å²) in [5, 5.41) is 0.653. The minimum Gasteiger partial charge on any atom is -0.493 e. The van der Waals surface area contributed by atoms with Crippen LogP contribution in [0.4, 0.5) is 0 Å². The zero-order valence-corrected chi connectivity index (χ0v) is 11.2. The zero-order valence-electron chi connectivity index (χ0n) is 10.5. The molecule has 5 heteroatoms. The molecule has 3 rings (SSSR count). The van der Waals surface area contributed by atoms with Crippen LogP contribution in [0.5, 0.6) is 5.75 Å². The topological polar surface area (TPSA) is 44.8 Å². The van der Waals surface area contributed by atoms with E-state index in [-0.39, 0.29) is 18.5 Å². The number of hydrogen-bond acceptors (Lipinski definition) is 4. The van der Waals surface area contributed by atoms with Crippen molar-refractivity contribution in [1.29, 1.82) is 0 Å². The maximum Gasteiger partial charge on any atom is 0.164 e. The van der Waals surface area contributed by atoms with Gasteiger partial charge in [-0.3, -0.25) is 4.79 Å². The monoisotopic (exact) mass is 282 g/mol. The van der Waals surface area contributed by atoms with Crippen molar-refractivity contribution >= 4 is 17.4 Å². The molecule has 0 N–H and O–H groups in total. The van der Waals surface area contributed by atoms with Gasteiger partial charge in [0.1, 0.15) is 11.5 Å². The Morgan fingerprint density at radius 3 is 2.84 bits per heavy atom. The first-order valence-corrected chi connectivity index (χ1v) is 6.79. The predicted octanol–water partition coefficient (Wildman–Crippen LogP) is 2.15. The first-order chi connectivity index (χ1) is 9.22. The summed E-state index contributed by atoms with van der Waals surface area (Å²) >= 11 is 6.07. The van der Waals surface area contributed by atoms with Gasteiger partial charge in [0.2, 0.25) is 0 Å². The summed E-state index contributed by atoms with van der Waals surface area (Å²) < 4.78 is 16.1. The van der Waals surface area contributed by atoms with Crippen molar-refractivity contribution in [1.82, 2.24) is 0 Å². The zero-order chi connectivity index (χ0) is 13.2. The molecular formula is C14H15ClO4. The number of fused-ring (bicyclic) bond motifs is 1. The molecule has 0 aromatic heterocycles. The van der Waals surface area contributed by atoms with E-state index in [1.165, 1.54) is 0 Å². The summed E-state index contributed by atoms with van der Waals surface area (Å²) in [5.41, 5.74) is 1.95. The van der Waals surface area contributed by atoms with Gasteiger partial charge in [0.05, 0.1) is 26.2 Å². The maximum atomic E-state index is 12.0. The number of ketones is 1. The summed E-state index contributed by atoms with van der Waals surface area (Å²) in [6.07, 6.45) is 1.06. The van der Waals surface area contributed by atoms with E-state index < -0.39 is 0 Å². The van der Waals surface area contributed by atoms with Gasteiger partial charge >= 0.3 is 0 Å². The smallest absolute Gasteiger partial charge is 0.164 e. The average molecular weight is 283 g/mol. The Morgan fingerprint density at radius 2 is 2.05 bits per heavy atom. The Kier molecular flexibility index (Phi) is 3.73. The van der Waals surface area contributed by atoms with Crippen LogP contribution in [0.2, 0.25) is 5.02 Å². The minimum absolute atomic E-state index is 0.0758. The molecule has 1 saturated heterocycles. The van der Waals surface area contributed by atoms with Crippen LogP contribution in [0, 0.1) is 0 Å². The summed E-state index contributed by atoms with van der Waals surface area (Å²) in [7, 11) is 0. The molecule has 0 atom stereocenters. The lowest BCUT2D eigenvalue weighted by Crippen LogP contribution is -2.16. The molecule has 0 bridgehead atoms. The number of hydrogen-bond donors (Lipinski definition) is 0. The fourth-order valence-corrected chi connectivity index (χ4v) is 2.74. The van der Waals surface area contributed by atoms with Crippen molar-refractivity contribution in [2.24, 2.45) is 0 Å². The highest BCUT2D eigenvalue weighted by Crippen LogP contribution is 2.33. The quantitative estimate of drug-likeness (QED) is 0.849. The Balaban J connectivity index is 1.70. The molecular weight excluding hydrogens is 268 g/mol. The van der Waals surface area contributed by atoms with E-state index in [1.807, 2.05) is 6.07 Å². The van der Waals surface area contributed by atoms with Gasteiger partial charge in [-0.15, -0.1) is 0 Å².